The minimum atomic E-state index is -0.0841. The van der Waals surface area contributed by atoms with Crippen LogP contribution in [0.2, 0.25) is 0 Å². The molecule has 0 unspecified atom stereocenters. The number of methoxy groups -OCH3 is 1. The first-order valence-electron chi connectivity index (χ1n) is 8.47. The Morgan fingerprint density at radius 3 is 2.56 bits per heavy atom. The van der Waals surface area contributed by atoms with Gasteiger partial charge in [-0.05, 0) is 48.7 Å². The quantitative estimate of drug-likeness (QED) is 0.876. The summed E-state index contributed by atoms with van der Waals surface area (Å²) in [6.45, 7) is 3.10. The van der Waals surface area contributed by atoms with Crippen LogP contribution in [-0.4, -0.2) is 26.2 Å². The average Bonchev–Trinajstić information content (AvgIpc) is 2.66. The second kappa shape index (κ2) is 7.92. The summed E-state index contributed by atoms with van der Waals surface area (Å²) in [5.41, 5.74) is 2.12. The number of hydrogen-bond donors (Lipinski definition) is 1. The van der Waals surface area contributed by atoms with Gasteiger partial charge in [0, 0.05) is 6.42 Å². The van der Waals surface area contributed by atoms with Crippen LogP contribution in [0, 0.1) is 0 Å². The van der Waals surface area contributed by atoms with Crippen LogP contribution in [0.25, 0.3) is 0 Å². The normalized spacial score (nSPS) is 13.8. The summed E-state index contributed by atoms with van der Waals surface area (Å²) in [5, 5.41) is 3.04. The molecule has 25 heavy (non-hydrogen) atoms. The van der Waals surface area contributed by atoms with E-state index in [9.17, 15) is 4.79 Å². The van der Waals surface area contributed by atoms with E-state index in [2.05, 4.69) is 5.32 Å². The molecule has 0 saturated carbocycles. The van der Waals surface area contributed by atoms with Gasteiger partial charge in [-0.15, -0.1) is 0 Å². The third kappa shape index (κ3) is 4.44. The molecule has 1 amide bonds. The fraction of sp³-hybridized carbons (Fsp3) is 0.350. The van der Waals surface area contributed by atoms with Crippen molar-refractivity contribution >= 4 is 5.91 Å². The van der Waals surface area contributed by atoms with Crippen LogP contribution in [0.4, 0.5) is 0 Å². The molecule has 1 aliphatic rings. The molecule has 3 rings (SSSR count). The number of carbonyl (C=O) groups excluding carboxylic acids is 1. The van der Waals surface area contributed by atoms with Crippen LogP contribution in [0.15, 0.2) is 42.5 Å². The Kier molecular flexibility index (Phi) is 5.43. The van der Waals surface area contributed by atoms with Gasteiger partial charge in [-0.25, -0.2) is 0 Å². The molecule has 0 saturated heterocycles. The van der Waals surface area contributed by atoms with Crippen molar-refractivity contribution in [2.24, 2.45) is 0 Å². The fourth-order valence-corrected chi connectivity index (χ4v) is 2.78. The fourth-order valence-electron chi connectivity index (χ4n) is 2.78. The summed E-state index contributed by atoms with van der Waals surface area (Å²) in [5.74, 6) is 2.34. The maximum absolute atomic E-state index is 12.2. The van der Waals surface area contributed by atoms with E-state index in [1.54, 1.807) is 7.11 Å². The summed E-state index contributed by atoms with van der Waals surface area (Å²) >= 11 is 0. The zero-order chi connectivity index (χ0) is 17.6. The van der Waals surface area contributed by atoms with E-state index >= 15 is 0 Å². The highest BCUT2D eigenvalue weighted by Crippen LogP contribution is 2.32. The minimum Gasteiger partial charge on any atom is -0.497 e. The number of carbonyl (C=O) groups is 1. The third-order valence-corrected chi connectivity index (χ3v) is 4.24. The summed E-state index contributed by atoms with van der Waals surface area (Å²) in [6.07, 6.45) is 1.14. The van der Waals surface area contributed by atoms with Crippen LogP contribution in [0.1, 0.15) is 30.5 Å². The smallest absolute Gasteiger partial charge is 0.220 e. The van der Waals surface area contributed by atoms with Crippen molar-refractivity contribution in [3.63, 3.8) is 0 Å². The maximum Gasteiger partial charge on any atom is 0.220 e. The van der Waals surface area contributed by atoms with Gasteiger partial charge in [0.15, 0.2) is 11.5 Å². The average molecular weight is 341 g/mol. The molecule has 132 valence electrons. The standard InChI is InChI=1S/C20H23NO4/c1-14(16-6-9-18-19(13-16)25-12-11-24-18)21-20(22)10-5-15-3-7-17(23-2)8-4-15/h3-4,6-9,13-14H,5,10-12H2,1-2H3,(H,21,22)/t14-/m0/s1. The Labute approximate surface area is 147 Å². The van der Waals surface area contributed by atoms with E-state index in [0.717, 1.165) is 28.4 Å². The van der Waals surface area contributed by atoms with Crippen molar-refractivity contribution in [2.75, 3.05) is 20.3 Å². The van der Waals surface area contributed by atoms with Crippen molar-refractivity contribution in [3.05, 3.63) is 53.6 Å². The van der Waals surface area contributed by atoms with E-state index in [4.69, 9.17) is 14.2 Å². The zero-order valence-corrected chi connectivity index (χ0v) is 14.6. The molecule has 1 N–H and O–H groups in total. The summed E-state index contributed by atoms with van der Waals surface area (Å²) < 4.78 is 16.3. The Hall–Kier alpha value is -2.69. The largest absolute Gasteiger partial charge is 0.497 e. The minimum absolute atomic E-state index is 0.0261. The van der Waals surface area contributed by atoms with E-state index in [0.29, 0.717) is 26.1 Å². The monoisotopic (exact) mass is 341 g/mol. The third-order valence-electron chi connectivity index (χ3n) is 4.24. The zero-order valence-electron chi connectivity index (χ0n) is 14.6. The summed E-state index contributed by atoms with van der Waals surface area (Å²) in [7, 11) is 1.64. The van der Waals surface area contributed by atoms with Crippen molar-refractivity contribution in [1.82, 2.24) is 5.32 Å². The van der Waals surface area contributed by atoms with Gasteiger partial charge in [0.1, 0.15) is 19.0 Å². The summed E-state index contributed by atoms with van der Waals surface area (Å²) in [4.78, 5) is 12.2. The first kappa shape index (κ1) is 17.1. The van der Waals surface area contributed by atoms with Crippen LogP contribution in [0.3, 0.4) is 0 Å². The Morgan fingerprint density at radius 1 is 1.12 bits per heavy atom. The van der Waals surface area contributed by atoms with Gasteiger partial charge in [-0.3, -0.25) is 4.79 Å². The van der Waals surface area contributed by atoms with E-state index < -0.39 is 0 Å². The van der Waals surface area contributed by atoms with Crippen molar-refractivity contribution in [2.45, 2.75) is 25.8 Å². The lowest BCUT2D eigenvalue weighted by Crippen LogP contribution is -2.27. The predicted octanol–water partition coefficient (Wildman–Crippen LogP) is 3.28. The highest BCUT2D eigenvalue weighted by molar-refractivity contribution is 5.76. The maximum atomic E-state index is 12.2. The van der Waals surface area contributed by atoms with Crippen molar-refractivity contribution in [1.29, 1.82) is 0 Å². The lowest BCUT2D eigenvalue weighted by Gasteiger charge is -2.21. The number of amides is 1. The van der Waals surface area contributed by atoms with Gasteiger partial charge in [0.05, 0.1) is 13.2 Å². The van der Waals surface area contributed by atoms with Gasteiger partial charge in [-0.2, -0.15) is 0 Å². The van der Waals surface area contributed by atoms with E-state index in [1.807, 2.05) is 49.4 Å². The highest BCUT2D eigenvalue weighted by Gasteiger charge is 2.15. The molecule has 1 aliphatic heterocycles. The van der Waals surface area contributed by atoms with E-state index in [1.165, 1.54) is 0 Å². The number of ether oxygens (including phenoxy) is 3. The molecule has 0 radical (unpaired) electrons. The molecule has 2 aromatic carbocycles. The molecular formula is C20H23NO4. The number of rotatable bonds is 6. The molecular weight excluding hydrogens is 318 g/mol. The second-order valence-electron chi connectivity index (χ2n) is 6.04. The predicted molar refractivity (Wildman–Crippen MR) is 95.3 cm³/mol. The molecule has 5 heteroatoms. The van der Waals surface area contributed by atoms with Gasteiger partial charge in [0.2, 0.25) is 5.91 Å². The molecule has 0 fully saturated rings. The SMILES string of the molecule is COc1ccc(CCC(=O)N[C@@H](C)c2ccc3c(c2)OCCO3)cc1. The molecule has 0 bridgehead atoms. The number of fused-ring (bicyclic) bond motifs is 1. The number of aryl methyl sites for hydroxylation is 1. The Morgan fingerprint density at radius 2 is 1.84 bits per heavy atom. The van der Waals surface area contributed by atoms with Crippen LogP contribution in [-0.2, 0) is 11.2 Å². The van der Waals surface area contributed by atoms with E-state index in [-0.39, 0.29) is 11.9 Å². The summed E-state index contributed by atoms with van der Waals surface area (Å²) in [6, 6.07) is 13.5. The molecule has 1 atom stereocenters. The van der Waals surface area contributed by atoms with Gasteiger partial charge >= 0.3 is 0 Å². The Bertz CT molecular complexity index is 727. The number of nitrogens with one attached hydrogen (secondary N) is 1. The number of benzene rings is 2. The van der Waals surface area contributed by atoms with Crippen molar-refractivity contribution < 1.29 is 19.0 Å². The van der Waals surface area contributed by atoms with Crippen LogP contribution < -0.4 is 19.5 Å². The topological polar surface area (TPSA) is 56.8 Å². The van der Waals surface area contributed by atoms with Crippen molar-refractivity contribution in [3.8, 4) is 17.2 Å². The molecule has 1 heterocycles. The lowest BCUT2D eigenvalue weighted by molar-refractivity contribution is -0.121. The first-order valence-corrected chi connectivity index (χ1v) is 8.47. The Balaban J connectivity index is 1.53. The number of hydrogen-bond acceptors (Lipinski definition) is 4. The molecule has 5 nitrogen and oxygen atoms in total. The molecule has 0 aromatic heterocycles. The lowest BCUT2D eigenvalue weighted by atomic mass is 10.1. The second-order valence-corrected chi connectivity index (χ2v) is 6.04. The molecule has 0 aliphatic carbocycles. The van der Waals surface area contributed by atoms with Gasteiger partial charge in [0.25, 0.3) is 0 Å². The van der Waals surface area contributed by atoms with Crippen LogP contribution in [0.5, 0.6) is 17.2 Å². The van der Waals surface area contributed by atoms with Gasteiger partial charge < -0.3 is 19.5 Å². The molecule has 2 aromatic rings. The van der Waals surface area contributed by atoms with Crippen LogP contribution >= 0.6 is 0 Å². The first-order chi connectivity index (χ1) is 12.2. The van der Waals surface area contributed by atoms with Gasteiger partial charge in [-0.1, -0.05) is 18.2 Å². The highest BCUT2D eigenvalue weighted by atomic mass is 16.6. The molecule has 0 spiro atoms.